The SMILES string of the molecule is CC(NC(=O)CNC(CCO)c1ccccc1)c1ccc(Cl)cc1. The second-order valence-corrected chi connectivity index (χ2v) is 6.13. The van der Waals surface area contributed by atoms with Crippen molar-refractivity contribution in [2.75, 3.05) is 13.2 Å². The lowest BCUT2D eigenvalue weighted by Gasteiger charge is -2.19. The smallest absolute Gasteiger partial charge is 0.234 e. The van der Waals surface area contributed by atoms with Gasteiger partial charge < -0.3 is 15.7 Å². The molecule has 0 bridgehead atoms. The van der Waals surface area contributed by atoms with Gasteiger partial charge in [-0.25, -0.2) is 0 Å². The Morgan fingerprint density at radius 3 is 2.38 bits per heavy atom. The van der Waals surface area contributed by atoms with Crippen LogP contribution < -0.4 is 10.6 Å². The Kier molecular flexibility index (Phi) is 7.25. The van der Waals surface area contributed by atoms with Gasteiger partial charge in [-0.1, -0.05) is 54.1 Å². The summed E-state index contributed by atoms with van der Waals surface area (Å²) < 4.78 is 0. The fourth-order valence-electron chi connectivity index (χ4n) is 2.54. The topological polar surface area (TPSA) is 61.4 Å². The molecule has 0 spiro atoms. The second-order valence-electron chi connectivity index (χ2n) is 5.70. The largest absolute Gasteiger partial charge is 0.396 e. The van der Waals surface area contributed by atoms with E-state index in [9.17, 15) is 9.90 Å². The van der Waals surface area contributed by atoms with Crippen molar-refractivity contribution in [2.24, 2.45) is 0 Å². The van der Waals surface area contributed by atoms with E-state index in [2.05, 4.69) is 10.6 Å². The Labute approximate surface area is 147 Å². The maximum Gasteiger partial charge on any atom is 0.234 e. The average molecular weight is 347 g/mol. The van der Waals surface area contributed by atoms with Gasteiger partial charge in [0.2, 0.25) is 5.91 Å². The van der Waals surface area contributed by atoms with Crippen LogP contribution in [0.5, 0.6) is 0 Å². The molecule has 0 fully saturated rings. The number of carbonyl (C=O) groups excluding carboxylic acids is 1. The molecule has 0 radical (unpaired) electrons. The summed E-state index contributed by atoms with van der Waals surface area (Å²) in [7, 11) is 0. The van der Waals surface area contributed by atoms with Gasteiger partial charge in [-0.3, -0.25) is 4.79 Å². The van der Waals surface area contributed by atoms with Gasteiger partial charge in [0, 0.05) is 17.7 Å². The summed E-state index contributed by atoms with van der Waals surface area (Å²) in [5.41, 5.74) is 2.06. The molecule has 2 aromatic carbocycles. The first-order valence-corrected chi connectivity index (χ1v) is 8.42. The van der Waals surface area contributed by atoms with Crippen LogP contribution in [0.1, 0.15) is 36.6 Å². The molecule has 24 heavy (non-hydrogen) atoms. The third-order valence-electron chi connectivity index (χ3n) is 3.88. The number of rotatable bonds is 8. The summed E-state index contributed by atoms with van der Waals surface area (Å²) in [5.74, 6) is -0.0867. The highest BCUT2D eigenvalue weighted by Gasteiger charge is 2.14. The van der Waals surface area contributed by atoms with Crippen LogP contribution in [-0.2, 0) is 4.79 Å². The maximum absolute atomic E-state index is 12.2. The van der Waals surface area contributed by atoms with Gasteiger partial charge in [-0.05, 0) is 36.6 Å². The number of halogens is 1. The quantitative estimate of drug-likeness (QED) is 0.687. The number of aliphatic hydroxyl groups is 1. The highest BCUT2D eigenvalue weighted by atomic mass is 35.5. The molecule has 2 atom stereocenters. The Bertz CT molecular complexity index is 632. The summed E-state index contributed by atoms with van der Waals surface area (Å²) in [4.78, 5) is 12.2. The van der Waals surface area contributed by atoms with E-state index in [4.69, 9.17) is 11.6 Å². The Morgan fingerprint density at radius 1 is 1.08 bits per heavy atom. The highest BCUT2D eigenvalue weighted by Crippen LogP contribution is 2.17. The third-order valence-corrected chi connectivity index (χ3v) is 4.13. The first-order chi connectivity index (χ1) is 11.6. The van der Waals surface area contributed by atoms with Gasteiger partial charge in [-0.2, -0.15) is 0 Å². The molecule has 0 aliphatic carbocycles. The Balaban J connectivity index is 1.87. The standard InChI is InChI=1S/C19H23ClN2O2/c1-14(15-7-9-17(20)10-8-15)22-19(24)13-21-18(11-12-23)16-5-3-2-4-6-16/h2-10,14,18,21,23H,11-13H2,1H3,(H,22,24). The van der Waals surface area contributed by atoms with Gasteiger partial charge in [0.25, 0.3) is 0 Å². The summed E-state index contributed by atoms with van der Waals surface area (Å²) in [6.45, 7) is 2.19. The van der Waals surface area contributed by atoms with Gasteiger partial charge in [0.15, 0.2) is 0 Å². The van der Waals surface area contributed by atoms with Crippen LogP contribution in [0.15, 0.2) is 54.6 Å². The number of hydrogen-bond acceptors (Lipinski definition) is 3. The molecule has 2 unspecified atom stereocenters. The molecule has 128 valence electrons. The number of nitrogens with one attached hydrogen (secondary N) is 2. The minimum Gasteiger partial charge on any atom is -0.396 e. The highest BCUT2D eigenvalue weighted by molar-refractivity contribution is 6.30. The van der Waals surface area contributed by atoms with E-state index in [1.54, 1.807) is 0 Å². The molecule has 0 heterocycles. The van der Waals surface area contributed by atoms with E-state index in [0.29, 0.717) is 11.4 Å². The van der Waals surface area contributed by atoms with Crippen molar-refractivity contribution < 1.29 is 9.90 Å². The van der Waals surface area contributed by atoms with Gasteiger partial charge in [0.1, 0.15) is 0 Å². The van der Waals surface area contributed by atoms with Crippen molar-refractivity contribution in [3.8, 4) is 0 Å². The van der Waals surface area contributed by atoms with Crippen LogP contribution in [0.25, 0.3) is 0 Å². The number of hydrogen-bond donors (Lipinski definition) is 3. The minimum atomic E-state index is -0.0930. The fourth-order valence-corrected chi connectivity index (χ4v) is 2.67. The summed E-state index contributed by atoms with van der Waals surface area (Å²) >= 11 is 5.88. The van der Waals surface area contributed by atoms with Crippen molar-refractivity contribution >= 4 is 17.5 Å². The predicted octanol–water partition coefficient (Wildman–Crippen LogP) is 3.23. The molecule has 0 saturated carbocycles. The van der Waals surface area contributed by atoms with E-state index in [0.717, 1.165) is 11.1 Å². The molecular weight excluding hydrogens is 324 g/mol. The first kappa shape index (κ1) is 18.5. The van der Waals surface area contributed by atoms with E-state index >= 15 is 0 Å². The molecule has 1 amide bonds. The Morgan fingerprint density at radius 2 is 1.75 bits per heavy atom. The molecule has 2 rings (SSSR count). The van der Waals surface area contributed by atoms with Crippen LogP contribution in [0, 0.1) is 0 Å². The van der Waals surface area contributed by atoms with E-state index < -0.39 is 0 Å². The van der Waals surface area contributed by atoms with Crippen molar-refractivity contribution in [3.63, 3.8) is 0 Å². The number of carbonyl (C=O) groups is 1. The summed E-state index contributed by atoms with van der Waals surface area (Å²) in [6, 6.07) is 17.1. The molecular formula is C19H23ClN2O2. The molecule has 3 N–H and O–H groups in total. The predicted molar refractivity (Wildman–Crippen MR) is 96.9 cm³/mol. The molecule has 0 aromatic heterocycles. The van der Waals surface area contributed by atoms with Crippen molar-refractivity contribution in [1.29, 1.82) is 0 Å². The zero-order valence-corrected chi connectivity index (χ0v) is 14.5. The van der Waals surface area contributed by atoms with Crippen LogP contribution in [-0.4, -0.2) is 24.2 Å². The first-order valence-electron chi connectivity index (χ1n) is 8.04. The summed E-state index contributed by atoms with van der Waals surface area (Å²) in [6.07, 6.45) is 0.560. The Hall–Kier alpha value is -1.88. The van der Waals surface area contributed by atoms with E-state index in [1.807, 2.05) is 61.5 Å². The molecule has 0 aliphatic heterocycles. The third kappa shape index (κ3) is 5.64. The molecule has 0 saturated heterocycles. The van der Waals surface area contributed by atoms with Crippen molar-refractivity contribution in [2.45, 2.75) is 25.4 Å². The van der Waals surface area contributed by atoms with Crippen LogP contribution in [0.4, 0.5) is 0 Å². The number of amides is 1. The normalized spacial score (nSPS) is 13.3. The lowest BCUT2D eigenvalue weighted by atomic mass is 10.0. The second kappa shape index (κ2) is 9.42. The van der Waals surface area contributed by atoms with Gasteiger partial charge in [-0.15, -0.1) is 0 Å². The number of benzene rings is 2. The van der Waals surface area contributed by atoms with Crippen LogP contribution in [0.3, 0.4) is 0 Å². The molecule has 5 heteroatoms. The lowest BCUT2D eigenvalue weighted by molar-refractivity contribution is -0.121. The van der Waals surface area contributed by atoms with E-state index in [1.165, 1.54) is 0 Å². The molecule has 4 nitrogen and oxygen atoms in total. The average Bonchev–Trinajstić information content (AvgIpc) is 2.60. The van der Waals surface area contributed by atoms with Crippen molar-refractivity contribution in [1.82, 2.24) is 10.6 Å². The van der Waals surface area contributed by atoms with Gasteiger partial charge in [0.05, 0.1) is 12.6 Å². The summed E-state index contributed by atoms with van der Waals surface area (Å²) in [5, 5.41) is 16.1. The van der Waals surface area contributed by atoms with Crippen molar-refractivity contribution in [3.05, 3.63) is 70.7 Å². The zero-order valence-electron chi connectivity index (χ0n) is 13.7. The fraction of sp³-hybridized carbons (Fsp3) is 0.316. The van der Waals surface area contributed by atoms with Crippen LogP contribution in [0.2, 0.25) is 5.02 Å². The minimum absolute atomic E-state index is 0.0483. The zero-order chi connectivity index (χ0) is 17.4. The monoisotopic (exact) mass is 346 g/mol. The van der Waals surface area contributed by atoms with E-state index in [-0.39, 0.29) is 31.1 Å². The van der Waals surface area contributed by atoms with Gasteiger partial charge >= 0.3 is 0 Å². The number of aliphatic hydroxyl groups excluding tert-OH is 1. The molecule has 0 aliphatic rings. The maximum atomic E-state index is 12.2. The molecule has 2 aromatic rings. The lowest BCUT2D eigenvalue weighted by Crippen LogP contribution is -2.37. The van der Waals surface area contributed by atoms with Crippen LogP contribution >= 0.6 is 11.6 Å².